The van der Waals surface area contributed by atoms with E-state index in [9.17, 15) is 4.79 Å². The van der Waals surface area contributed by atoms with Crippen molar-refractivity contribution >= 4 is 29.4 Å². The third-order valence-corrected chi connectivity index (χ3v) is 3.61. The van der Waals surface area contributed by atoms with E-state index in [-0.39, 0.29) is 0 Å². The van der Waals surface area contributed by atoms with Gasteiger partial charge in [-0.05, 0) is 55.8 Å². The van der Waals surface area contributed by atoms with Gasteiger partial charge < -0.3 is 10.6 Å². The Bertz CT molecular complexity index is 859. The van der Waals surface area contributed by atoms with Crippen LogP contribution in [-0.2, 0) is 0 Å². The molecule has 3 aromatic rings. The standard InChI is InChI=1S/C19H18N4O/c1-13-3-6-16(7-4-13)21-19-20-10-9-18(23-19)22-17-8-5-15(12-24)11-14(17)2/h3-12H,1-2H3,(H2,20,21,22,23). The van der Waals surface area contributed by atoms with Gasteiger partial charge in [-0.25, -0.2) is 4.98 Å². The normalized spacial score (nSPS) is 10.2. The van der Waals surface area contributed by atoms with Crippen LogP contribution in [0.5, 0.6) is 0 Å². The summed E-state index contributed by atoms with van der Waals surface area (Å²) in [5.74, 6) is 1.20. The highest BCUT2D eigenvalue weighted by Gasteiger charge is 2.04. The minimum atomic E-state index is 0.519. The Labute approximate surface area is 140 Å². The molecule has 120 valence electrons. The first-order valence-electron chi connectivity index (χ1n) is 7.63. The molecule has 0 bridgehead atoms. The van der Waals surface area contributed by atoms with Gasteiger partial charge in [-0.15, -0.1) is 0 Å². The summed E-state index contributed by atoms with van der Waals surface area (Å²) in [4.78, 5) is 19.5. The Morgan fingerprint density at radius 2 is 1.75 bits per heavy atom. The van der Waals surface area contributed by atoms with E-state index in [0.717, 1.165) is 23.2 Å². The van der Waals surface area contributed by atoms with Crippen LogP contribution in [0.4, 0.5) is 23.1 Å². The highest BCUT2D eigenvalue weighted by molar-refractivity contribution is 5.77. The van der Waals surface area contributed by atoms with E-state index in [4.69, 9.17) is 0 Å². The average molecular weight is 318 g/mol. The second-order valence-corrected chi connectivity index (χ2v) is 5.57. The number of benzene rings is 2. The van der Waals surface area contributed by atoms with Gasteiger partial charge in [-0.2, -0.15) is 4.98 Å². The highest BCUT2D eigenvalue weighted by Crippen LogP contribution is 2.21. The van der Waals surface area contributed by atoms with E-state index < -0.39 is 0 Å². The Morgan fingerprint density at radius 1 is 0.958 bits per heavy atom. The number of hydrogen-bond donors (Lipinski definition) is 2. The van der Waals surface area contributed by atoms with Crippen molar-refractivity contribution < 1.29 is 4.79 Å². The topological polar surface area (TPSA) is 66.9 Å². The summed E-state index contributed by atoms with van der Waals surface area (Å²) in [5.41, 5.74) is 4.67. The lowest BCUT2D eigenvalue weighted by molar-refractivity contribution is 0.112. The van der Waals surface area contributed by atoms with E-state index in [0.29, 0.717) is 17.3 Å². The van der Waals surface area contributed by atoms with Crippen LogP contribution in [-0.4, -0.2) is 16.3 Å². The molecule has 0 unspecified atom stereocenters. The number of rotatable bonds is 5. The zero-order valence-electron chi connectivity index (χ0n) is 13.6. The summed E-state index contributed by atoms with van der Waals surface area (Å²) >= 11 is 0. The minimum absolute atomic E-state index is 0.519. The number of aromatic nitrogens is 2. The summed E-state index contributed by atoms with van der Waals surface area (Å²) in [6, 6.07) is 15.3. The molecule has 0 atom stereocenters. The minimum Gasteiger partial charge on any atom is -0.340 e. The predicted molar refractivity (Wildman–Crippen MR) is 96.3 cm³/mol. The second kappa shape index (κ2) is 6.91. The maximum atomic E-state index is 10.8. The first-order valence-corrected chi connectivity index (χ1v) is 7.63. The van der Waals surface area contributed by atoms with Gasteiger partial charge in [0.15, 0.2) is 0 Å². The Hall–Kier alpha value is -3.21. The summed E-state index contributed by atoms with van der Waals surface area (Å²) in [6.07, 6.45) is 2.53. The molecule has 24 heavy (non-hydrogen) atoms. The Kier molecular flexibility index (Phi) is 4.52. The van der Waals surface area contributed by atoms with Gasteiger partial charge in [0, 0.05) is 23.1 Å². The molecule has 0 radical (unpaired) electrons. The molecule has 0 aliphatic heterocycles. The third-order valence-electron chi connectivity index (χ3n) is 3.61. The molecule has 0 aliphatic carbocycles. The van der Waals surface area contributed by atoms with Crippen LogP contribution < -0.4 is 10.6 Å². The average Bonchev–Trinajstić information content (AvgIpc) is 2.59. The quantitative estimate of drug-likeness (QED) is 0.683. The first-order chi connectivity index (χ1) is 11.6. The molecule has 5 nitrogen and oxygen atoms in total. The maximum absolute atomic E-state index is 10.8. The number of nitrogens with one attached hydrogen (secondary N) is 2. The zero-order valence-corrected chi connectivity index (χ0v) is 13.6. The molecule has 0 amide bonds. The fourth-order valence-corrected chi connectivity index (χ4v) is 2.29. The predicted octanol–water partition coefficient (Wildman–Crippen LogP) is 4.39. The molecule has 5 heteroatoms. The van der Waals surface area contributed by atoms with E-state index in [1.54, 1.807) is 18.3 Å². The number of aldehydes is 1. The van der Waals surface area contributed by atoms with Crippen LogP contribution in [0.2, 0.25) is 0 Å². The molecule has 0 saturated heterocycles. The Morgan fingerprint density at radius 3 is 2.46 bits per heavy atom. The van der Waals surface area contributed by atoms with Crippen LogP contribution in [0, 0.1) is 13.8 Å². The highest BCUT2D eigenvalue weighted by atomic mass is 16.1. The van der Waals surface area contributed by atoms with Crippen LogP contribution in [0.15, 0.2) is 54.7 Å². The molecule has 2 aromatic carbocycles. The molecule has 1 heterocycles. The Balaban J connectivity index is 1.78. The summed E-state index contributed by atoms with van der Waals surface area (Å²) in [7, 11) is 0. The van der Waals surface area contributed by atoms with Crippen LogP contribution in [0.1, 0.15) is 21.5 Å². The lowest BCUT2D eigenvalue weighted by Gasteiger charge is -2.11. The van der Waals surface area contributed by atoms with Crippen molar-refractivity contribution in [2.24, 2.45) is 0 Å². The molecule has 1 aromatic heterocycles. The van der Waals surface area contributed by atoms with Gasteiger partial charge in [-0.1, -0.05) is 17.7 Å². The van der Waals surface area contributed by atoms with E-state index in [1.807, 2.05) is 50.2 Å². The van der Waals surface area contributed by atoms with Crippen molar-refractivity contribution in [3.63, 3.8) is 0 Å². The van der Waals surface area contributed by atoms with Gasteiger partial charge in [-0.3, -0.25) is 4.79 Å². The number of aryl methyl sites for hydroxylation is 2. The van der Waals surface area contributed by atoms with Crippen molar-refractivity contribution in [3.8, 4) is 0 Å². The fraction of sp³-hybridized carbons (Fsp3) is 0.105. The molecule has 0 spiro atoms. The van der Waals surface area contributed by atoms with Crippen LogP contribution in [0.3, 0.4) is 0 Å². The van der Waals surface area contributed by atoms with Crippen molar-refractivity contribution in [1.82, 2.24) is 9.97 Å². The zero-order chi connectivity index (χ0) is 16.9. The van der Waals surface area contributed by atoms with Crippen molar-refractivity contribution in [2.45, 2.75) is 13.8 Å². The van der Waals surface area contributed by atoms with Crippen LogP contribution in [0.25, 0.3) is 0 Å². The van der Waals surface area contributed by atoms with Crippen LogP contribution >= 0.6 is 0 Å². The third kappa shape index (κ3) is 3.76. The maximum Gasteiger partial charge on any atom is 0.229 e. The lowest BCUT2D eigenvalue weighted by atomic mass is 10.1. The molecular weight excluding hydrogens is 300 g/mol. The van der Waals surface area contributed by atoms with Gasteiger partial charge >= 0.3 is 0 Å². The van der Waals surface area contributed by atoms with E-state index in [2.05, 4.69) is 20.6 Å². The van der Waals surface area contributed by atoms with E-state index in [1.165, 1.54) is 5.56 Å². The lowest BCUT2D eigenvalue weighted by Crippen LogP contribution is -2.01. The molecule has 0 aliphatic rings. The monoisotopic (exact) mass is 318 g/mol. The van der Waals surface area contributed by atoms with Gasteiger partial charge in [0.25, 0.3) is 0 Å². The van der Waals surface area contributed by atoms with E-state index >= 15 is 0 Å². The summed E-state index contributed by atoms with van der Waals surface area (Å²) in [5, 5.41) is 6.43. The van der Waals surface area contributed by atoms with Gasteiger partial charge in [0.05, 0.1) is 0 Å². The van der Waals surface area contributed by atoms with Crippen molar-refractivity contribution in [2.75, 3.05) is 10.6 Å². The molecule has 0 saturated carbocycles. The molecule has 2 N–H and O–H groups in total. The largest absolute Gasteiger partial charge is 0.340 e. The number of carbonyl (C=O) groups is 1. The van der Waals surface area contributed by atoms with Crippen molar-refractivity contribution in [3.05, 3.63) is 71.4 Å². The summed E-state index contributed by atoms with van der Waals surface area (Å²) in [6.45, 7) is 3.99. The molecule has 3 rings (SSSR count). The first kappa shape index (κ1) is 15.7. The number of hydrogen-bond acceptors (Lipinski definition) is 5. The fourth-order valence-electron chi connectivity index (χ4n) is 2.29. The van der Waals surface area contributed by atoms with Gasteiger partial charge in [0.2, 0.25) is 5.95 Å². The molecule has 0 fully saturated rings. The summed E-state index contributed by atoms with van der Waals surface area (Å²) < 4.78 is 0. The smallest absolute Gasteiger partial charge is 0.229 e. The van der Waals surface area contributed by atoms with Crippen molar-refractivity contribution in [1.29, 1.82) is 0 Å². The number of carbonyl (C=O) groups excluding carboxylic acids is 1. The molecular formula is C19H18N4O. The number of anilines is 4. The second-order valence-electron chi connectivity index (χ2n) is 5.57. The SMILES string of the molecule is Cc1ccc(Nc2nccc(Nc3ccc(C=O)cc3C)n2)cc1. The number of nitrogens with zero attached hydrogens (tertiary/aromatic N) is 2. The van der Waals surface area contributed by atoms with Gasteiger partial charge in [0.1, 0.15) is 12.1 Å².